The van der Waals surface area contributed by atoms with E-state index in [0.717, 1.165) is 44.8 Å². The average Bonchev–Trinajstić information content (AvgIpc) is 2.86. The van der Waals surface area contributed by atoms with Crippen LogP contribution in [0.5, 0.6) is 0 Å². The number of likely N-dealkylation sites (N-methyl/N-ethyl adjacent to an activating group) is 1. The number of hydrogen-bond acceptors (Lipinski definition) is 4. The number of fused-ring (bicyclic) bond motifs is 1. The Morgan fingerprint density at radius 1 is 1.19 bits per heavy atom. The lowest BCUT2D eigenvalue weighted by molar-refractivity contribution is 0.0691. The third kappa shape index (κ3) is 2.91. The molecule has 1 fully saturated rings. The number of carboxylic acid groups (broad SMARTS) is 1. The van der Waals surface area contributed by atoms with Crippen molar-refractivity contribution in [3.8, 4) is 0 Å². The third-order valence-corrected chi connectivity index (χ3v) is 4.08. The smallest absolute Gasteiger partial charge is 0.357 e. The van der Waals surface area contributed by atoms with Crippen LogP contribution in [0.2, 0.25) is 0 Å². The molecule has 2 aromatic rings. The molecule has 3 rings (SSSR count). The minimum atomic E-state index is -0.968. The van der Waals surface area contributed by atoms with Gasteiger partial charge in [-0.3, -0.25) is 9.58 Å². The van der Waals surface area contributed by atoms with E-state index in [1.54, 1.807) is 0 Å². The second kappa shape index (κ2) is 5.83. The highest BCUT2D eigenvalue weighted by Gasteiger charge is 2.17. The van der Waals surface area contributed by atoms with E-state index < -0.39 is 5.97 Å². The van der Waals surface area contributed by atoms with Crippen LogP contribution in [0.15, 0.2) is 24.3 Å². The first-order chi connectivity index (χ1) is 10.1. The minimum absolute atomic E-state index is 0.143. The van der Waals surface area contributed by atoms with Crippen molar-refractivity contribution in [3.05, 3.63) is 30.0 Å². The molecule has 0 bridgehead atoms. The third-order valence-electron chi connectivity index (χ3n) is 4.08. The topological polar surface area (TPSA) is 61.6 Å². The van der Waals surface area contributed by atoms with Crippen LogP contribution in [0.25, 0.3) is 10.9 Å². The van der Waals surface area contributed by atoms with Gasteiger partial charge in [-0.1, -0.05) is 18.2 Å². The van der Waals surface area contributed by atoms with Crippen molar-refractivity contribution in [2.45, 2.75) is 6.54 Å². The van der Waals surface area contributed by atoms with Gasteiger partial charge < -0.3 is 10.0 Å². The summed E-state index contributed by atoms with van der Waals surface area (Å²) in [4.78, 5) is 16.0. The van der Waals surface area contributed by atoms with Gasteiger partial charge in [0.25, 0.3) is 0 Å². The fourth-order valence-corrected chi connectivity index (χ4v) is 2.76. The molecule has 0 spiro atoms. The Morgan fingerprint density at radius 2 is 1.90 bits per heavy atom. The summed E-state index contributed by atoms with van der Waals surface area (Å²) in [6.07, 6.45) is 0. The molecule has 1 aliphatic rings. The van der Waals surface area contributed by atoms with E-state index in [1.807, 2.05) is 28.9 Å². The van der Waals surface area contributed by atoms with Gasteiger partial charge in [0.2, 0.25) is 0 Å². The molecule has 1 saturated heterocycles. The number of para-hydroxylation sites is 1. The molecule has 6 heteroatoms. The van der Waals surface area contributed by atoms with Gasteiger partial charge in [0, 0.05) is 38.1 Å². The molecule has 0 radical (unpaired) electrons. The number of nitrogens with zero attached hydrogens (tertiary/aromatic N) is 4. The fraction of sp³-hybridized carbons (Fsp3) is 0.467. The zero-order valence-corrected chi connectivity index (χ0v) is 12.2. The number of benzene rings is 1. The molecule has 2 heterocycles. The number of carboxylic acids is 1. The molecular formula is C15H20N4O2. The molecule has 1 aliphatic heterocycles. The monoisotopic (exact) mass is 288 g/mol. The first kappa shape index (κ1) is 14.0. The predicted molar refractivity (Wildman–Crippen MR) is 80.6 cm³/mol. The summed E-state index contributed by atoms with van der Waals surface area (Å²) in [5, 5.41) is 14.2. The van der Waals surface area contributed by atoms with Gasteiger partial charge in [-0.05, 0) is 13.1 Å². The molecule has 112 valence electrons. The number of aromatic nitrogens is 2. The molecule has 0 atom stereocenters. The lowest BCUT2D eigenvalue weighted by atomic mass is 10.2. The largest absolute Gasteiger partial charge is 0.476 e. The van der Waals surface area contributed by atoms with E-state index in [1.165, 1.54) is 0 Å². The first-order valence-electron chi connectivity index (χ1n) is 7.25. The molecule has 1 aromatic heterocycles. The van der Waals surface area contributed by atoms with Crippen LogP contribution in [-0.4, -0.2) is 70.4 Å². The molecule has 1 N–H and O–H groups in total. The van der Waals surface area contributed by atoms with Gasteiger partial charge in [-0.15, -0.1) is 0 Å². The lowest BCUT2D eigenvalue weighted by Crippen LogP contribution is -2.45. The van der Waals surface area contributed by atoms with E-state index in [0.29, 0.717) is 5.39 Å². The summed E-state index contributed by atoms with van der Waals surface area (Å²) in [6, 6.07) is 7.51. The van der Waals surface area contributed by atoms with Crippen molar-refractivity contribution >= 4 is 16.9 Å². The van der Waals surface area contributed by atoms with Gasteiger partial charge in [0.1, 0.15) is 0 Å². The Morgan fingerprint density at radius 3 is 2.62 bits per heavy atom. The highest BCUT2D eigenvalue weighted by Crippen LogP contribution is 2.18. The molecule has 21 heavy (non-hydrogen) atoms. The SMILES string of the molecule is CN1CCN(CCn2nc(C(=O)O)c3ccccc32)CC1. The van der Waals surface area contributed by atoms with Gasteiger partial charge in [-0.2, -0.15) is 5.10 Å². The predicted octanol–water partition coefficient (Wildman–Crippen LogP) is 0.982. The molecule has 0 aliphatic carbocycles. The van der Waals surface area contributed by atoms with Gasteiger partial charge in [0.05, 0.1) is 12.1 Å². The second-order valence-corrected chi connectivity index (χ2v) is 5.54. The fourth-order valence-electron chi connectivity index (χ4n) is 2.76. The quantitative estimate of drug-likeness (QED) is 0.909. The maximum atomic E-state index is 11.3. The van der Waals surface area contributed by atoms with E-state index >= 15 is 0 Å². The second-order valence-electron chi connectivity index (χ2n) is 5.54. The molecular weight excluding hydrogens is 268 g/mol. The van der Waals surface area contributed by atoms with E-state index in [2.05, 4.69) is 21.9 Å². The van der Waals surface area contributed by atoms with Crippen LogP contribution in [0.3, 0.4) is 0 Å². The number of carbonyl (C=O) groups is 1. The van der Waals surface area contributed by atoms with Crippen LogP contribution in [0, 0.1) is 0 Å². The Bertz CT molecular complexity index is 644. The number of hydrogen-bond donors (Lipinski definition) is 1. The Labute approximate surface area is 123 Å². The highest BCUT2D eigenvalue weighted by atomic mass is 16.4. The van der Waals surface area contributed by atoms with Crippen molar-refractivity contribution in [3.63, 3.8) is 0 Å². The summed E-state index contributed by atoms with van der Waals surface area (Å²) in [5.74, 6) is -0.968. The lowest BCUT2D eigenvalue weighted by Gasteiger charge is -2.32. The number of aromatic carboxylic acids is 1. The standard InChI is InChI=1S/C15H20N4O2/c1-17-6-8-18(9-7-17)10-11-19-13-5-3-2-4-12(13)14(16-19)15(20)21/h2-5H,6-11H2,1H3,(H,20,21). The summed E-state index contributed by atoms with van der Waals surface area (Å²) >= 11 is 0. The van der Waals surface area contributed by atoms with Crippen molar-refractivity contribution in [1.29, 1.82) is 0 Å². The summed E-state index contributed by atoms with van der Waals surface area (Å²) in [6.45, 7) is 5.90. The minimum Gasteiger partial charge on any atom is -0.476 e. The highest BCUT2D eigenvalue weighted by molar-refractivity contribution is 6.01. The van der Waals surface area contributed by atoms with Crippen molar-refractivity contribution < 1.29 is 9.90 Å². The Balaban J connectivity index is 1.76. The molecule has 0 amide bonds. The van der Waals surface area contributed by atoms with Crippen molar-refractivity contribution in [2.75, 3.05) is 39.8 Å². The molecule has 1 aromatic carbocycles. The van der Waals surface area contributed by atoms with Crippen molar-refractivity contribution in [2.24, 2.45) is 0 Å². The van der Waals surface area contributed by atoms with Gasteiger partial charge in [-0.25, -0.2) is 4.79 Å². The number of rotatable bonds is 4. The van der Waals surface area contributed by atoms with Crippen LogP contribution in [-0.2, 0) is 6.54 Å². The maximum Gasteiger partial charge on any atom is 0.357 e. The van der Waals surface area contributed by atoms with E-state index in [9.17, 15) is 9.90 Å². The first-order valence-corrected chi connectivity index (χ1v) is 7.25. The van der Waals surface area contributed by atoms with Crippen molar-refractivity contribution in [1.82, 2.24) is 19.6 Å². The van der Waals surface area contributed by atoms with Crippen LogP contribution >= 0.6 is 0 Å². The van der Waals surface area contributed by atoms with Crippen LogP contribution in [0.1, 0.15) is 10.5 Å². The maximum absolute atomic E-state index is 11.3. The summed E-state index contributed by atoms with van der Waals surface area (Å²) in [5.41, 5.74) is 1.04. The summed E-state index contributed by atoms with van der Waals surface area (Å²) in [7, 11) is 2.14. The van der Waals surface area contributed by atoms with Crippen LogP contribution < -0.4 is 0 Å². The average molecular weight is 288 g/mol. The molecule has 0 unspecified atom stereocenters. The molecule has 6 nitrogen and oxygen atoms in total. The van der Waals surface area contributed by atoms with E-state index in [-0.39, 0.29) is 5.69 Å². The zero-order valence-electron chi connectivity index (χ0n) is 12.2. The van der Waals surface area contributed by atoms with E-state index in [4.69, 9.17) is 0 Å². The van der Waals surface area contributed by atoms with Gasteiger partial charge in [0.15, 0.2) is 5.69 Å². The Hall–Kier alpha value is -1.92. The Kier molecular flexibility index (Phi) is 3.90. The normalized spacial score (nSPS) is 17.4. The molecule has 0 saturated carbocycles. The summed E-state index contributed by atoms with van der Waals surface area (Å²) < 4.78 is 1.82. The number of piperazine rings is 1. The zero-order chi connectivity index (χ0) is 14.8. The van der Waals surface area contributed by atoms with Gasteiger partial charge >= 0.3 is 5.97 Å². The van der Waals surface area contributed by atoms with Crippen LogP contribution in [0.4, 0.5) is 0 Å².